The summed E-state index contributed by atoms with van der Waals surface area (Å²) in [6, 6.07) is 8.02. The molecule has 85 valence electrons. The van der Waals surface area contributed by atoms with E-state index in [4.69, 9.17) is 9.47 Å². The van der Waals surface area contributed by atoms with E-state index in [2.05, 4.69) is 6.07 Å². The third-order valence-electron chi connectivity index (χ3n) is 2.57. The lowest BCUT2D eigenvalue weighted by Crippen LogP contribution is -2.40. The highest BCUT2D eigenvalue weighted by molar-refractivity contribution is 5.96. The van der Waals surface area contributed by atoms with Crippen molar-refractivity contribution < 1.29 is 14.3 Å². The van der Waals surface area contributed by atoms with E-state index in [1.807, 2.05) is 0 Å². The number of benzene rings is 1. The van der Waals surface area contributed by atoms with Crippen molar-refractivity contribution in [3.05, 3.63) is 29.8 Å². The Labute approximate surface area is 94.8 Å². The lowest BCUT2D eigenvalue weighted by Gasteiger charge is -2.27. The summed E-state index contributed by atoms with van der Waals surface area (Å²) >= 11 is 0. The predicted molar refractivity (Wildman–Crippen MR) is 58.6 cm³/mol. The normalized spacial score (nSPS) is 15.9. The number of carbonyl (C=O) groups is 1. The van der Waals surface area contributed by atoms with Crippen LogP contribution in [-0.4, -0.2) is 44.2 Å². The summed E-state index contributed by atoms with van der Waals surface area (Å²) in [5.41, 5.74) is 0.586. The Balaban J connectivity index is 2.19. The summed E-state index contributed by atoms with van der Waals surface area (Å²) in [5.74, 6) is 0.563. The van der Waals surface area contributed by atoms with E-state index in [1.165, 1.54) is 0 Å². The Morgan fingerprint density at radius 1 is 1.50 bits per heavy atom. The topological polar surface area (TPSA) is 38.8 Å². The Bertz CT molecular complexity index is 372. The third kappa shape index (κ3) is 2.17. The maximum atomic E-state index is 12.2. The zero-order valence-electron chi connectivity index (χ0n) is 9.23. The second kappa shape index (κ2) is 4.99. The second-order valence-corrected chi connectivity index (χ2v) is 3.53. The van der Waals surface area contributed by atoms with Crippen LogP contribution in [0.4, 0.5) is 0 Å². The first-order valence-electron chi connectivity index (χ1n) is 5.24. The first kappa shape index (κ1) is 11.0. The molecule has 0 atom stereocenters. The number of methoxy groups -OCH3 is 1. The molecule has 16 heavy (non-hydrogen) atoms. The van der Waals surface area contributed by atoms with Gasteiger partial charge in [-0.15, -0.1) is 0 Å². The van der Waals surface area contributed by atoms with E-state index < -0.39 is 0 Å². The van der Waals surface area contributed by atoms with Crippen LogP contribution in [0.25, 0.3) is 0 Å². The van der Waals surface area contributed by atoms with Crippen molar-refractivity contribution in [2.75, 3.05) is 33.4 Å². The lowest BCUT2D eigenvalue weighted by molar-refractivity contribution is 0.0301. The zero-order valence-corrected chi connectivity index (χ0v) is 9.23. The van der Waals surface area contributed by atoms with Crippen molar-refractivity contribution in [3.8, 4) is 5.75 Å². The van der Waals surface area contributed by atoms with Gasteiger partial charge in [0.05, 0.1) is 25.9 Å². The first-order chi connectivity index (χ1) is 7.83. The summed E-state index contributed by atoms with van der Waals surface area (Å²) < 4.78 is 10.4. The van der Waals surface area contributed by atoms with E-state index in [9.17, 15) is 4.79 Å². The minimum atomic E-state index is -0.00542. The van der Waals surface area contributed by atoms with Crippen LogP contribution in [0.2, 0.25) is 0 Å². The van der Waals surface area contributed by atoms with E-state index in [1.54, 1.807) is 30.2 Å². The largest absolute Gasteiger partial charge is 0.496 e. The number of morpholine rings is 1. The van der Waals surface area contributed by atoms with E-state index >= 15 is 0 Å². The molecule has 0 aromatic heterocycles. The molecule has 0 bridgehead atoms. The summed E-state index contributed by atoms with van der Waals surface area (Å²) in [6.07, 6.45) is 0. The van der Waals surface area contributed by atoms with E-state index in [-0.39, 0.29) is 5.91 Å². The molecule has 1 heterocycles. The first-order valence-corrected chi connectivity index (χ1v) is 5.24. The Kier molecular flexibility index (Phi) is 3.41. The van der Waals surface area contributed by atoms with Crippen LogP contribution in [-0.2, 0) is 4.74 Å². The molecule has 1 aliphatic rings. The van der Waals surface area contributed by atoms with Gasteiger partial charge >= 0.3 is 0 Å². The molecule has 2 rings (SSSR count). The smallest absolute Gasteiger partial charge is 0.257 e. The van der Waals surface area contributed by atoms with Crippen molar-refractivity contribution in [3.63, 3.8) is 0 Å². The third-order valence-corrected chi connectivity index (χ3v) is 2.57. The standard InChI is InChI=1S/C12H14NO3/c1-15-11-5-3-2-4-10(11)12(14)13-6-8-16-9-7-13/h2,4-5H,6-9H2,1H3. The number of carbonyl (C=O) groups excluding carboxylic acids is 1. The lowest BCUT2D eigenvalue weighted by atomic mass is 10.1. The fourth-order valence-corrected chi connectivity index (χ4v) is 1.70. The quantitative estimate of drug-likeness (QED) is 0.745. The molecule has 1 aliphatic heterocycles. The van der Waals surface area contributed by atoms with Gasteiger partial charge in [-0.05, 0) is 18.2 Å². The van der Waals surface area contributed by atoms with Crippen LogP contribution in [0.15, 0.2) is 18.2 Å². The molecule has 4 nitrogen and oxygen atoms in total. The van der Waals surface area contributed by atoms with Crippen molar-refractivity contribution in [2.45, 2.75) is 0 Å². The summed E-state index contributed by atoms with van der Waals surface area (Å²) in [6.45, 7) is 2.49. The molecule has 1 radical (unpaired) electrons. The van der Waals surface area contributed by atoms with Gasteiger partial charge in [0, 0.05) is 13.1 Å². The van der Waals surface area contributed by atoms with Crippen LogP contribution in [0.1, 0.15) is 10.4 Å². The molecule has 1 aromatic rings. The molecule has 0 N–H and O–H groups in total. The van der Waals surface area contributed by atoms with Gasteiger partial charge in [0.2, 0.25) is 0 Å². The molecule has 0 unspecified atom stereocenters. The number of hydrogen-bond donors (Lipinski definition) is 0. The highest BCUT2D eigenvalue weighted by atomic mass is 16.5. The molecule has 0 spiro atoms. The van der Waals surface area contributed by atoms with Gasteiger partial charge in [0.25, 0.3) is 5.91 Å². The Morgan fingerprint density at radius 2 is 2.25 bits per heavy atom. The monoisotopic (exact) mass is 220 g/mol. The van der Waals surface area contributed by atoms with Gasteiger partial charge in [0.15, 0.2) is 0 Å². The fraction of sp³-hybridized carbons (Fsp3) is 0.417. The molecule has 1 saturated heterocycles. The highest BCUT2D eigenvalue weighted by Gasteiger charge is 2.20. The van der Waals surface area contributed by atoms with Gasteiger partial charge in [-0.2, -0.15) is 0 Å². The average Bonchev–Trinajstić information content (AvgIpc) is 2.39. The average molecular weight is 220 g/mol. The van der Waals surface area contributed by atoms with Gasteiger partial charge < -0.3 is 14.4 Å². The predicted octanol–water partition coefficient (Wildman–Crippen LogP) is 0.968. The maximum absolute atomic E-state index is 12.2. The van der Waals surface area contributed by atoms with Crippen molar-refractivity contribution in [1.82, 2.24) is 4.90 Å². The number of hydrogen-bond acceptors (Lipinski definition) is 3. The minimum Gasteiger partial charge on any atom is -0.496 e. The van der Waals surface area contributed by atoms with Crippen molar-refractivity contribution in [2.24, 2.45) is 0 Å². The Morgan fingerprint density at radius 3 is 2.94 bits per heavy atom. The molecule has 1 amide bonds. The SMILES string of the molecule is COc1c[c]ccc1C(=O)N1CCOCC1. The molecule has 0 aliphatic carbocycles. The highest BCUT2D eigenvalue weighted by Crippen LogP contribution is 2.19. The summed E-state index contributed by atoms with van der Waals surface area (Å²) in [7, 11) is 1.55. The van der Waals surface area contributed by atoms with Crippen molar-refractivity contribution in [1.29, 1.82) is 0 Å². The van der Waals surface area contributed by atoms with Gasteiger partial charge in [0.1, 0.15) is 5.75 Å². The van der Waals surface area contributed by atoms with Crippen LogP contribution < -0.4 is 4.74 Å². The Hall–Kier alpha value is -1.55. The van der Waals surface area contributed by atoms with E-state index in [0.29, 0.717) is 37.6 Å². The molecule has 1 aromatic carbocycles. The van der Waals surface area contributed by atoms with Crippen LogP contribution in [0.3, 0.4) is 0 Å². The van der Waals surface area contributed by atoms with Crippen LogP contribution in [0.5, 0.6) is 5.75 Å². The summed E-state index contributed by atoms with van der Waals surface area (Å²) in [4.78, 5) is 13.9. The summed E-state index contributed by atoms with van der Waals surface area (Å²) in [5, 5.41) is 0. The van der Waals surface area contributed by atoms with E-state index in [0.717, 1.165) is 0 Å². The molecule has 1 fully saturated rings. The number of ether oxygens (including phenoxy) is 2. The maximum Gasteiger partial charge on any atom is 0.257 e. The zero-order chi connectivity index (χ0) is 11.4. The van der Waals surface area contributed by atoms with Crippen molar-refractivity contribution >= 4 is 5.91 Å². The fourth-order valence-electron chi connectivity index (χ4n) is 1.70. The minimum absolute atomic E-state index is 0.00542. The number of rotatable bonds is 2. The molecular formula is C12H14NO3. The molecule has 4 heteroatoms. The molecule has 0 saturated carbocycles. The van der Waals surface area contributed by atoms with Crippen LogP contribution >= 0.6 is 0 Å². The molecular weight excluding hydrogens is 206 g/mol. The second-order valence-electron chi connectivity index (χ2n) is 3.53. The van der Waals surface area contributed by atoms with Gasteiger partial charge in [-0.1, -0.05) is 6.07 Å². The van der Waals surface area contributed by atoms with Gasteiger partial charge in [-0.3, -0.25) is 4.79 Å². The van der Waals surface area contributed by atoms with Gasteiger partial charge in [-0.25, -0.2) is 0 Å². The number of amides is 1. The number of nitrogens with zero attached hydrogens (tertiary/aromatic N) is 1. The van der Waals surface area contributed by atoms with Crippen LogP contribution in [0, 0.1) is 6.07 Å².